The van der Waals surface area contributed by atoms with E-state index >= 15 is 0 Å². The summed E-state index contributed by atoms with van der Waals surface area (Å²) in [6, 6.07) is 7.49. The van der Waals surface area contributed by atoms with Crippen LogP contribution in [0.4, 0.5) is 14.7 Å². The molecule has 4 heterocycles. The Bertz CT molecular complexity index is 1680. The molecule has 0 bridgehead atoms. The van der Waals surface area contributed by atoms with Crippen LogP contribution in [0.25, 0.3) is 22.6 Å². The molecule has 0 saturated heterocycles. The topological polar surface area (TPSA) is 98.5 Å². The fraction of sp³-hybridized carbons (Fsp3) is 0.174. The Hall–Kier alpha value is -3.86. The highest BCUT2D eigenvalue weighted by Crippen LogP contribution is 2.55. The van der Waals surface area contributed by atoms with Crippen molar-refractivity contribution in [3.8, 4) is 16.9 Å². The number of hydrogen-bond donors (Lipinski definition) is 1. The van der Waals surface area contributed by atoms with E-state index in [9.17, 15) is 17.2 Å². The molecule has 3 aliphatic rings. The fourth-order valence-electron chi connectivity index (χ4n) is 4.79. The van der Waals surface area contributed by atoms with Gasteiger partial charge in [-0.05, 0) is 36.2 Å². The highest BCUT2D eigenvalue weighted by Gasteiger charge is 2.49. The summed E-state index contributed by atoms with van der Waals surface area (Å²) in [5.41, 5.74) is 3.00. The standard InChI is InChI=1S/C23H15F2N5O3S/c24-16-2-3-18-21(13-6-19(13)33-18)15(16)8-27-23-26-7-14(22-29-28-10-30(22)23)11-1-4-20-12(5-11)17(25)9-34(20,31)32/h1-5,7,9-10,13,19H,6,8H2,(H,26,27)/t13-,19+/m0/s1. The number of nitrogens with one attached hydrogen (secondary N) is 1. The minimum atomic E-state index is -3.77. The van der Waals surface area contributed by atoms with Crippen molar-refractivity contribution < 1.29 is 21.9 Å². The molecule has 2 atom stereocenters. The monoisotopic (exact) mass is 479 g/mol. The van der Waals surface area contributed by atoms with E-state index in [0.29, 0.717) is 33.7 Å². The first-order chi connectivity index (χ1) is 16.4. The normalized spacial score (nSPS) is 20.9. The quantitative estimate of drug-likeness (QED) is 0.475. The van der Waals surface area contributed by atoms with Crippen LogP contribution in [-0.4, -0.2) is 34.1 Å². The van der Waals surface area contributed by atoms with Gasteiger partial charge in [0.15, 0.2) is 5.65 Å². The summed E-state index contributed by atoms with van der Waals surface area (Å²) in [4.78, 5) is 4.38. The Morgan fingerprint density at radius 2 is 2.06 bits per heavy atom. The van der Waals surface area contributed by atoms with Crippen LogP contribution in [0.5, 0.6) is 5.75 Å². The average Bonchev–Trinajstić information content (AvgIpc) is 3.14. The molecule has 0 unspecified atom stereocenters. The van der Waals surface area contributed by atoms with Gasteiger partial charge < -0.3 is 10.1 Å². The van der Waals surface area contributed by atoms with Gasteiger partial charge in [-0.25, -0.2) is 22.2 Å². The van der Waals surface area contributed by atoms with E-state index < -0.39 is 15.7 Å². The van der Waals surface area contributed by atoms with Crippen LogP contribution in [0.2, 0.25) is 0 Å². The molecule has 34 heavy (non-hydrogen) atoms. The molecular weight excluding hydrogens is 464 g/mol. The lowest BCUT2D eigenvalue weighted by molar-refractivity contribution is 0.318. The minimum absolute atomic E-state index is 0.00590. The predicted molar refractivity (Wildman–Crippen MR) is 118 cm³/mol. The van der Waals surface area contributed by atoms with Gasteiger partial charge in [-0.3, -0.25) is 4.40 Å². The van der Waals surface area contributed by atoms with Crippen LogP contribution in [0.15, 0.2) is 53.2 Å². The second-order valence-electron chi connectivity index (χ2n) is 8.53. The maximum Gasteiger partial charge on any atom is 0.210 e. The molecule has 0 radical (unpaired) electrons. The Labute approximate surface area is 191 Å². The number of nitrogens with zero attached hydrogens (tertiary/aromatic N) is 4. The SMILES string of the molecule is O=S1(=O)C=C(F)c2cc(-c3cnc(NCc4c(F)ccc5c4[C@H]4C[C@H]4O5)n4cnnc34)ccc21. The van der Waals surface area contributed by atoms with Gasteiger partial charge in [0, 0.05) is 40.9 Å². The van der Waals surface area contributed by atoms with Gasteiger partial charge in [0.05, 0.1) is 10.3 Å². The van der Waals surface area contributed by atoms with E-state index in [0.717, 1.165) is 17.7 Å². The molecule has 170 valence electrons. The minimum Gasteiger partial charge on any atom is -0.489 e. The van der Waals surface area contributed by atoms with Crippen molar-refractivity contribution in [2.45, 2.75) is 29.9 Å². The summed E-state index contributed by atoms with van der Waals surface area (Å²) < 4.78 is 60.4. The van der Waals surface area contributed by atoms with Gasteiger partial charge in [-0.15, -0.1) is 10.2 Å². The van der Waals surface area contributed by atoms with E-state index in [2.05, 4.69) is 20.5 Å². The van der Waals surface area contributed by atoms with Crippen LogP contribution < -0.4 is 10.1 Å². The Kier molecular flexibility index (Phi) is 3.80. The maximum absolute atomic E-state index is 14.6. The predicted octanol–water partition coefficient (Wildman–Crippen LogP) is 3.85. The smallest absolute Gasteiger partial charge is 0.210 e. The third kappa shape index (κ3) is 2.73. The third-order valence-electron chi connectivity index (χ3n) is 6.51. The first kappa shape index (κ1) is 19.6. The molecule has 2 aromatic heterocycles. The third-order valence-corrected chi connectivity index (χ3v) is 8.00. The van der Waals surface area contributed by atoms with Crippen molar-refractivity contribution in [1.29, 1.82) is 0 Å². The largest absolute Gasteiger partial charge is 0.489 e. The van der Waals surface area contributed by atoms with Crippen LogP contribution in [0, 0.1) is 5.82 Å². The van der Waals surface area contributed by atoms with E-state index in [1.54, 1.807) is 22.7 Å². The molecule has 8 nitrogen and oxygen atoms in total. The molecule has 0 spiro atoms. The second-order valence-corrected chi connectivity index (χ2v) is 10.3. The molecule has 4 aromatic rings. The van der Waals surface area contributed by atoms with E-state index in [4.69, 9.17) is 4.74 Å². The number of halogens is 2. The molecule has 1 saturated carbocycles. The highest BCUT2D eigenvalue weighted by atomic mass is 32.2. The number of rotatable bonds is 4. The van der Waals surface area contributed by atoms with E-state index in [-0.39, 0.29) is 34.8 Å². The summed E-state index contributed by atoms with van der Waals surface area (Å²) in [5.74, 6) is 0.270. The maximum atomic E-state index is 14.6. The molecule has 7 rings (SSSR count). The Morgan fingerprint density at radius 1 is 1.18 bits per heavy atom. The van der Waals surface area contributed by atoms with Gasteiger partial charge in [-0.2, -0.15) is 0 Å². The first-order valence-electron chi connectivity index (χ1n) is 10.6. The second kappa shape index (κ2) is 6.60. The van der Waals surface area contributed by atoms with Gasteiger partial charge >= 0.3 is 0 Å². The van der Waals surface area contributed by atoms with Crippen molar-refractivity contribution in [1.82, 2.24) is 19.6 Å². The van der Waals surface area contributed by atoms with Crippen molar-refractivity contribution >= 4 is 27.3 Å². The number of anilines is 1. The van der Waals surface area contributed by atoms with Crippen molar-refractivity contribution in [3.05, 3.63) is 70.8 Å². The van der Waals surface area contributed by atoms with Gasteiger partial charge in [0.25, 0.3) is 0 Å². The van der Waals surface area contributed by atoms with Crippen LogP contribution in [0.3, 0.4) is 0 Å². The molecule has 1 aliphatic carbocycles. The van der Waals surface area contributed by atoms with Crippen molar-refractivity contribution in [3.63, 3.8) is 0 Å². The van der Waals surface area contributed by atoms with Crippen molar-refractivity contribution in [2.24, 2.45) is 0 Å². The van der Waals surface area contributed by atoms with E-state index in [1.807, 2.05) is 0 Å². The zero-order valence-electron chi connectivity index (χ0n) is 17.4. The zero-order chi connectivity index (χ0) is 23.2. The number of benzene rings is 2. The van der Waals surface area contributed by atoms with Gasteiger partial charge in [0.2, 0.25) is 15.8 Å². The number of aromatic nitrogens is 4. The number of sulfone groups is 1. The molecular formula is C23H15F2N5O3S. The van der Waals surface area contributed by atoms with Gasteiger partial charge in [0.1, 0.15) is 29.8 Å². The van der Waals surface area contributed by atoms with E-state index in [1.165, 1.54) is 24.5 Å². The first-order valence-corrected chi connectivity index (χ1v) is 12.1. The van der Waals surface area contributed by atoms with Gasteiger partial charge in [-0.1, -0.05) is 6.07 Å². The molecule has 1 N–H and O–H groups in total. The summed E-state index contributed by atoms with van der Waals surface area (Å²) in [6.45, 7) is 0.202. The number of hydrogen-bond acceptors (Lipinski definition) is 7. The summed E-state index contributed by atoms with van der Waals surface area (Å²) in [6.07, 6.45) is 4.08. The van der Waals surface area contributed by atoms with Crippen LogP contribution >= 0.6 is 0 Å². The Morgan fingerprint density at radius 3 is 2.94 bits per heavy atom. The lowest BCUT2D eigenvalue weighted by atomic mass is 10.0. The molecule has 0 amide bonds. The summed E-state index contributed by atoms with van der Waals surface area (Å²) in [5, 5.41) is 11.9. The fourth-order valence-corrected chi connectivity index (χ4v) is 6.04. The lowest BCUT2D eigenvalue weighted by Gasteiger charge is -2.14. The molecule has 11 heteroatoms. The average molecular weight is 479 g/mol. The summed E-state index contributed by atoms with van der Waals surface area (Å²) in [7, 11) is -3.77. The Balaban J connectivity index is 1.25. The molecule has 2 aliphatic heterocycles. The van der Waals surface area contributed by atoms with Crippen LogP contribution in [-0.2, 0) is 16.4 Å². The zero-order valence-corrected chi connectivity index (χ0v) is 18.2. The lowest BCUT2D eigenvalue weighted by Crippen LogP contribution is -2.10. The van der Waals surface area contributed by atoms with Crippen molar-refractivity contribution in [2.75, 3.05) is 5.32 Å². The summed E-state index contributed by atoms with van der Waals surface area (Å²) >= 11 is 0. The highest BCUT2D eigenvalue weighted by molar-refractivity contribution is 7.94. The number of fused-ring (bicyclic) bond motifs is 5. The molecule has 2 aromatic carbocycles. The van der Waals surface area contributed by atoms with Crippen LogP contribution in [0.1, 0.15) is 29.0 Å². The molecule has 1 fully saturated rings. The number of ether oxygens (including phenoxy) is 1.